The van der Waals surface area contributed by atoms with Gasteiger partial charge in [0, 0.05) is 18.0 Å². The van der Waals surface area contributed by atoms with Crippen LogP contribution in [0.5, 0.6) is 0 Å². The molecule has 10 heavy (non-hydrogen) atoms. The minimum Gasteiger partial charge on any atom is -0.374 e. The largest absolute Gasteiger partial charge is 0.374 e. The summed E-state index contributed by atoms with van der Waals surface area (Å²) in [6.45, 7) is 0. The van der Waals surface area contributed by atoms with Gasteiger partial charge in [0.05, 0.1) is 0 Å². The van der Waals surface area contributed by atoms with Crippen LogP contribution in [0.1, 0.15) is 25.7 Å². The van der Waals surface area contributed by atoms with Crippen LogP contribution in [0.15, 0.2) is 11.8 Å². The Morgan fingerprint density at radius 3 is 3.30 bits per heavy atom. The van der Waals surface area contributed by atoms with Crippen molar-refractivity contribution in [1.29, 1.82) is 0 Å². The topological polar surface area (TPSA) is 32.3 Å². The standard InChI is InChI=1S/C8H13NO/c10-8-5-6-3-1-2-4-7(6)9-8/h4,6,8-10H,1-3,5H2. The van der Waals surface area contributed by atoms with Gasteiger partial charge in [0.1, 0.15) is 6.23 Å². The molecule has 0 aromatic carbocycles. The zero-order valence-corrected chi connectivity index (χ0v) is 6.01. The average Bonchev–Trinajstić information content (AvgIpc) is 2.27. The Bertz CT molecular complexity index is 165. The van der Waals surface area contributed by atoms with Crippen LogP contribution < -0.4 is 5.32 Å². The SMILES string of the molecule is OC1CC2CCCC=C2N1. The normalized spacial score (nSPS) is 38.3. The fourth-order valence-electron chi connectivity index (χ4n) is 1.89. The molecule has 0 aromatic heterocycles. The molecular formula is C8H13NO. The minimum atomic E-state index is -0.269. The molecule has 0 aromatic rings. The van der Waals surface area contributed by atoms with Crippen molar-refractivity contribution in [3.8, 4) is 0 Å². The number of hydrogen-bond acceptors (Lipinski definition) is 2. The van der Waals surface area contributed by atoms with Crippen LogP contribution in [-0.4, -0.2) is 11.3 Å². The van der Waals surface area contributed by atoms with Gasteiger partial charge in [0.25, 0.3) is 0 Å². The third-order valence-corrected chi connectivity index (χ3v) is 2.40. The number of aliphatic hydroxyl groups is 1. The summed E-state index contributed by atoms with van der Waals surface area (Å²) in [4.78, 5) is 0. The van der Waals surface area contributed by atoms with Crippen molar-refractivity contribution < 1.29 is 5.11 Å². The first-order valence-corrected chi connectivity index (χ1v) is 4.01. The zero-order valence-electron chi connectivity index (χ0n) is 6.01. The number of fused-ring (bicyclic) bond motifs is 1. The molecule has 1 heterocycles. The third kappa shape index (κ3) is 0.926. The van der Waals surface area contributed by atoms with Crippen LogP contribution in [0.25, 0.3) is 0 Å². The summed E-state index contributed by atoms with van der Waals surface area (Å²) < 4.78 is 0. The number of allylic oxidation sites excluding steroid dienone is 2. The molecule has 2 rings (SSSR count). The van der Waals surface area contributed by atoms with Gasteiger partial charge >= 0.3 is 0 Å². The van der Waals surface area contributed by atoms with E-state index >= 15 is 0 Å². The molecule has 2 unspecified atom stereocenters. The highest BCUT2D eigenvalue weighted by Crippen LogP contribution is 2.31. The van der Waals surface area contributed by atoms with Gasteiger partial charge < -0.3 is 10.4 Å². The van der Waals surface area contributed by atoms with Crippen molar-refractivity contribution in [3.05, 3.63) is 11.8 Å². The molecule has 0 bridgehead atoms. The zero-order chi connectivity index (χ0) is 6.97. The first kappa shape index (κ1) is 6.23. The maximum absolute atomic E-state index is 9.21. The van der Waals surface area contributed by atoms with Gasteiger partial charge in [0.2, 0.25) is 0 Å². The Kier molecular flexibility index (Phi) is 1.42. The lowest BCUT2D eigenvalue weighted by Gasteiger charge is -2.14. The van der Waals surface area contributed by atoms with E-state index in [0.29, 0.717) is 5.92 Å². The van der Waals surface area contributed by atoms with Crippen molar-refractivity contribution in [3.63, 3.8) is 0 Å². The summed E-state index contributed by atoms with van der Waals surface area (Å²) in [6, 6.07) is 0. The van der Waals surface area contributed by atoms with E-state index in [0.717, 1.165) is 6.42 Å². The summed E-state index contributed by atoms with van der Waals surface area (Å²) >= 11 is 0. The number of hydrogen-bond donors (Lipinski definition) is 2. The molecular weight excluding hydrogens is 126 g/mol. The van der Waals surface area contributed by atoms with Gasteiger partial charge in [-0.3, -0.25) is 0 Å². The Morgan fingerprint density at radius 1 is 1.60 bits per heavy atom. The van der Waals surface area contributed by atoms with Crippen molar-refractivity contribution in [2.24, 2.45) is 5.92 Å². The molecule has 2 nitrogen and oxygen atoms in total. The monoisotopic (exact) mass is 139 g/mol. The summed E-state index contributed by atoms with van der Waals surface area (Å²) in [6.07, 6.45) is 6.62. The molecule has 2 heteroatoms. The molecule has 2 N–H and O–H groups in total. The lowest BCUT2D eigenvalue weighted by molar-refractivity contribution is 0.158. The lowest BCUT2D eigenvalue weighted by Crippen LogP contribution is -2.19. The van der Waals surface area contributed by atoms with Crippen LogP contribution >= 0.6 is 0 Å². The van der Waals surface area contributed by atoms with Crippen molar-refractivity contribution in [2.75, 3.05) is 0 Å². The number of nitrogens with one attached hydrogen (secondary N) is 1. The van der Waals surface area contributed by atoms with Crippen molar-refractivity contribution in [1.82, 2.24) is 5.32 Å². The molecule has 0 amide bonds. The second-order valence-corrected chi connectivity index (χ2v) is 3.18. The number of aliphatic hydroxyl groups excluding tert-OH is 1. The molecule has 0 radical (unpaired) electrons. The van der Waals surface area contributed by atoms with E-state index < -0.39 is 0 Å². The molecule has 1 fully saturated rings. The van der Waals surface area contributed by atoms with Gasteiger partial charge in [0.15, 0.2) is 0 Å². The molecule has 1 aliphatic carbocycles. The van der Waals surface area contributed by atoms with Crippen molar-refractivity contribution in [2.45, 2.75) is 31.9 Å². The molecule has 2 atom stereocenters. The third-order valence-electron chi connectivity index (χ3n) is 2.40. The molecule has 0 spiro atoms. The summed E-state index contributed by atoms with van der Waals surface area (Å²) in [5.41, 5.74) is 1.29. The van der Waals surface area contributed by atoms with Crippen LogP contribution in [0, 0.1) is 5.92 Å². The van der Waals surface area contributed by atoms with E-state index in [1.165, 1.54) is 25.0 Å². The summed E-state index contributed by atoms with van der Waals surface area (Å²) in [5.74, 6) is 0.642. The van der Waals surface area contributed by atoms with Crippen LogP contribution in [0.2, 0.25) is 0 Å². The van der Waals surface area contributed by atoms with E-state index in [2.05, 4.69) is 11.4 Å². The van der Waals surface area contributed by atoms with Crippen molar-refractivity contribution >= 4 is 0 Å². The second kappa shape index (κ2) is 2.27. The van der Waals surface area contributed by atoms with E-state index in [9.17, 15) is 5.11 Å². The van der Waals surface area contributed by atoms with E-state index in [-0.39, 0.29) is 6.23 Å². The fraction of sp³-hybridized carbons (Fsp3) is 0.750. The Labute approximate surface area is 60.9 Å². The smallest absolute Gasteiger partial charge is 0.124 e. The summed E-state index contributed by atoms with van der Waals surface area (Å²) in [5, 5.41) is 12.3. The lowest BCUT2D eigenvalue weighted by atomic mass is 9.93. The highest BCUT2D eigenvalue weighted by Gasteiger charge is 2.27. The van der Waals surface area contributed by atoms with Gasteiger partial charge in [-0.2, -0.15) is 0 Å². The Morgan fingerprint density at radius 2 is 2.50 bits per heavy atom. The highest BCUT2D eigenvalue weighted by molar-refractivity contribution is 5.12. The molecule has 56 valence electrons. The average molecular weight is 139 g/mol. The van der Waals surface area contributed by atoms with Gasteiger partial charge in [-0.1, -0.05) is 6.08 Å². The first-order valence-electron chi connectivity index (χ1n) is 4.01. The molecule has 1 saturated heterocycles. The van der Waals surface area contributed by atoms with Crippen LogP contribution in [0.4, 0.5) is 0 Å². The molecule has 1 aliphatic heterocycles. The maximum Gasteiger partial charge on any atom is 0.124 e. The van der Waals surface area contributed by atoms with Gasteiger partial charge in [-0.25, -0.2) is 0 Å². The highest BCUT2D eigenvalue weighted by atomic mass is 16.3. The maximum atomic E-state index is 9.21. The van der Waals surface area contributed by atoms with E-state index in [1.54, 1.807) is 0 Å². The fourth-order valence-corrected chi connectivity index (χ4v) is 1.89. The predicted octanol–water partition coefficient (Wildman–Crippen LogP) is 0.982. The molecule has 2 aliphatic rings. The summed E-state index contributed by atoms with van der Waals surface area (Å²) in [7, 11) is 0. The van der Waals surface area contributed by atoms with Gasteiger partial charge in [-0.15, -0.1) is 0 Å². The first-order chi connectivity index (χ1) is 4.86. The quantitative estimate of drug-likeness (QED) is 0.524. The molecule has 0 saturated carbocycles. The van der Waals surface area contributed by atoms with E-state index in [1.807, 2.05) is 0 Å². The number of rotatable bonds is 0. The minimum absolute atomic E-state index is 0.269. The van der Waals surface area contributed by atoms with Crippen LogP contribution in [0.3, 0.4) is 0 Å². The second-order valence-electron chi connectivity index (χ2n) is 3.18. The van der Waals surface area contributed by atoms with Gasteiger partial charge in [-0.05, 0) is 19.3 Å². The Balaban J connectivity index is 2.13. The van der Waals surface area contributed by atoms with E-state index in [4.69, 9.17) is 0 Å². The predicted molar refractivity (Wildman–Crippen MR) is 39.2 cm³/mol. The van der Waals surface area contributed by atoms with Crippen LogP contribution in [-0.2, 0) is 0 Å². The Hall–Kier alpha value is -0.500.